The van der Waals surface area contributed by atoms with Crippen LogP contribution in [0.1, 0.15) is 52.9 Å². The highest BCUT2D eigenvalue weighted by Crippen LogP contribution is 2.26. The molecule has 0 aromatic rings. The molecule has 6 heteroatoms. The van der Waals surface area contributed by atoms with E-state index in [2.05, 4.69) is 12.2 Å². The number of rotatable bonds is 6. The van der Waals surface area contributed by atoms with Gasteiger partial charge in [-0.3, -0.25) is 0 Å². The van der Waals surface area contributed by atoms with Gasteiger partial charge in [0.2, 0.25) is 0 Å². The molecule has 0 heterocycles. The molecule has 1 saturated carbocycles. The van der Waals surface area contributed by atoms with Crippen molar-refractivity contribution in [1.82, 2.24) is 10.2 Å². The van der Waals surface area contributed by atoms with Crippen LogP contribution in [0.4, 0.5) is 4.79 Å². The summed E-state index contributed by atoms with van der Waals surface area (Å²) in [6.07, 6.45) is 5.68. The van der Waals surface area contributed by atoms with E-state index in [-0.39, 0.29) is 29.6 Å². The van der Waals surface area contributed by atoms with Crippen molar-refractivity contribution >= 4 is 15.9 Å². The summed E-state index contributed by atoms with van der Waals surface area (Å²) in [6.45, 7) is 5.58. The topological polar surface area (TPSA) is 66.5 Å². The van der Waals surface area contributed by atoms with Gasteiger partial charge in [0.1, 0.15) is 0 Å². The largest absolute Gasteiger partial charge is 0.335 e. The minimum absolute atomic E-state index is 0.0231. The molecule has 5 nitrogen and oxygen atoms in total. The Labute approximate surface area is 129 Å². The second-order valence-electron chi connectivity index (χ2n) is 6.17. The van der Waals surface area contributed by atoms with Crippen LogP contribution in [-0.2, 0) is 9.84 Å². The Morgan fingerprint density at radius 1 is 1.29 bits per heavy atom. The van der Waals surface area contributed by atoms with Crippen molar-refractivity contribution < 1.29 is 13.2 Å². The van der Waals surface area contributed by atoms with Crippen molar-refractivity contribution in [2.75, 3.05) is 18.6 Å². The van der Waals surface area contributed by atoms with E-state index < -0.39 is 9.84 Å². The van der Waals surface area contributed by atoms with Gasteiger partial charge in [-0.05, 0) is 25.7 Å². The van der Waals surface area contributed by atoms with Gasteiger partial charge in [-0.15, -0.1) is 0 Å². The fourth-order valence-electron chi connectivity index (χ4n) is 2.94. The summed E-state index contributed by atoms with van der Waals surface area (Å²) >= 11 is 0. The predicted molar refractivity (Wildman–Crippen MR) is 86.1 cm³/mol. The molecule has 1 aliphatic rings. The molecule has 2 amide bonds. The first kappa shape index (κ1) is 18.3. The van der Waals surface area contributed by atoms with E-state index >= 15 is 0 Å². The zero-order chi connectivity index (χ0) is 16.0. The molecule has 0 spiro atoms. The molecule has 1 aliphatic carbocycles. The number of hydrogen-bond donors (Lipinski definition) is 1. The SMILES string of the molecule is CCC1CCCCC1NC(=O)N(C)C(C)CS(=O)(=O)CC. The normalized spacial score (nSPS) is 24.4. The molecule has 3 unspecified atom stereocenters. The van der Waals surface area contributed by atoms with Crippen molar-refractivity contribution in [2.24, 2.45) is 5.92 Å². The zero-order valence-corrected chi connectivity index (χ0v) is 14.6. The average Bonchev–Trinajstić information content (AvgIpc) is 2.46. The first-order valence-corrected chi connectivity index (χ1v) is 9.86. The Hall–Kier alpha value is -0.780. The minimum atomic E-state index is -3.07. The summed E-state index contributed by atoms with van der Waals surface area (Å²) in [4.78, 5) is 13.8. The molecular weight excluding hydrogens is 288 g/mol. The first-order chi connectivity index (χ1) is 9.80. The van der Waals surface area contributed by atoms with Crippen LogP contribution in [0, 0.1) is 5.92 Å². The lowest BCUT2D eigenvalue weighted by Crippen LogP contribution is -2.50. The number of sulfone groups is 1. The van der Waals surface area contributed by atoms with Gasteiger partial charge in [-0.25, -0.2) is 13.2 Å². The van der Waals surface area contributed by atoms with E-state index in [9.17, 15) is 13.2 Å². The summed E-state index contributed by atoms with van der Waals surface area (Å²) in [5.74, 6) is 0.689. The van der Waals surface area contributed by atoms with Gasteiger partial charge < -0.3 is 10.2 Å². The van der Waals surface area contributed by atoms with Gasteiger partial charge >= 0.3 is 6.03 Å². The molecule has 21 heavy (non-hydrogen) atoms. The van der Waals surface area contributed by atoms with E-state index in [0.717, 1.165) is 19.3 Å². The molecule has 124 valence electrons. The fourth-order valence-corrected chi connectivity index (χ4v) is 4.14. The lowest BCUT2D eigenvalue weighted by Gasteiger charge is -2.34. The highest BCUT2D eigenvalue weighted by atomic mass is 32.2. The third kappa shape index (κ3) is 5.49. The van der Waals surface area contributed by atoms with Crippen LogP contribution < -0.4 is 5.32 Å². The molecule has 1 N–H and O–H groups in total. The molecule has 0 aromatic heterocycles. The van der Waals surface area contributed by atoms with Crippen molar-refractivity contribution in [2.45, 2.75) is 65.0 Å². The monoisotopic (exact) mass is 318 g/mol. The van der Waals surface area contributed by atoms with E-state index in [1.54, 1.807) is 20.9 Å². The summed E-state index contributed by atoms with van der Waals surface area (Å²) < 4.78 is 23.3. The van der Waals surface area contributed by atoms with E-state index in [1.807, 2.05) is 0 Å². The maximum absolute atomic E-state index is 12.3. The van der Waals surface area contributed by atoms with Crippen molar-refractivity contribution in [3.8, 4) is 0 Å². The van der Waals surface area contributed by atoms with Crippen molar-refractivity contribution in [3.05, 3.63) is 0 Å². The Morgan fingerprint density at radius 3 is 2.48 bits per heavy atom. The maximum atomic E-state index is 12.3. The summed E-state index contributed by atoms with van der Waals surface area (Å²) in [7, 11) is -1.39. The van der Waals surface area contributed by atoms with Gasteiger partial charge in [0.05, 0.1) is 5.75 Å². The predicted octanol–water partition coefficient (Wildman–Crippen LogP) is 2.42. The number of carbonyl (C=O) groups is 1. The number of nitrogens with zero attached hydrogens (tertiary/aromatic N) is 1. The first-order valence-electron chi connectivity index (χ1n) is 8.04. The maximum Gasteiger partial charge on any atom is 0.317 e. The van der Waals surface area contributed by atoms with Crippen LogP contribution in [0.5, 0.6) is 0 Å². The van der Waals surface area contributed by atoms with Gasteiger partial charge in [-0.1, -0.05) is 33.1 Å². The number of nitrogens with one attached hydrogen (secondary N) is 1. The van der Waals surface area contributed by atoms with Gasteiger partial charge in [0.25, 0.3) is 0 Å². The Kier molecular flexibility index (Phi) is 6.97. The third-order valence-corrected chi connectivity index (χ3v) is 6.53. The molecule has 3 atom stereocenters. The van der Waals surface area contributed by atoms with E-state index in [1.165, 1.54) is 17.7 Å². The summed E-state index contributed by atoms with van der Waals surface area (Å²) in [5, 5.41) is 3.10. The standard InChI is InChI=1S/C15H30N2O3S/c1-5-13-9-7-8-10-14(13)16-15(18)17(4)12(3)11-21(19,20)6-2/h12-14H,5-11H2,1-4H3,(H,16,18). The molecule has 0 aliphatic heterocycles. The lowest BCUT2D eigenvalue weighted by atomic mass is 9.83. The molecular formula is C15H30N2O3S. The highest BCUT2D eigenvalue weighted by molar-refractivity contribution is 7.91. The third-order valence-electron chi connectivity index (χ3n) is 4.66. The van der Waals surface area contributed by atoms with Gasteiger partial charge in [0, 0.05) is 24.9 Å². The van der Waals surface area contributed by atoms with Crippen molar-refractivity contribution in [3.63, 3.8) is 0 Å². The Morgan fingerprint density at radius 2 is 1.90 bits per heavy atom. The smallest absolute Gasteiger partial charge is 0.317 e. The summed E-state index contributed by atoms with van der Waals surface area (Å²) in [5.41, 5.74) is 0. The second kappa shape index (κ2) is 8.01. The quantitative estimate of drug-likeness (QED) is 0.818. The van der Waals surface area contributed by atoms with Crippen LogP contribution in [-0.4, -0.2) is 50.0 Å². The molecule has 1 fully saturated rings. The number of urea groups is 1. The summed E-state index contributed by atoms with van der Waals surface area (Å²) in [6, 6.07) is -0.230. The van der Waals surface area contributed by atoms with E-state index in [4.69, 9.17) is 0 Å². The molecule has 0 aromatic carbocycles. The molecule has 0 bridgehead atoms. The van der Waals surface area contributed by atoms with Crippen LogP contribution in [0.25, 0.3) is 0 Å². The van der Waals surface area contributed by atoms with Gasteiger partial charge in [-0.2, -0.15) is 0 Å². The Balaban J connectivity index is 2.57. The number of hydrogen-bond acceptors (Lipinski definition) is 3. The molecule has 0 saturated heterocycles. The van der Waals surface area contributed by atoms with Crippen LogP contribution >= 0.6 is 0 Å². The minimum Gasteiger partial charge on any atom is -0.335 e. The zero-order valence-electron chi connectivity index (χ0n) is 13.8. The van der Waals surface area contributed by atoms with Crippen LogP contribution in [0.3, 0.4) is 0 Å². The van der Waals surface area contributed by atoms with E-state index in [0.29, 0.717) is 5.92 Å². The fraction of sp³-hybridized carbons (Fsp3) is 0.933. The molecule has 1 rings (SSSR count). The number of carbonyl (C=O) groups excluding carboxylic acids is 1. The average molecular weight is 318 g/mol. The van der Waals surface area contributed by atoms with Crippen LogP contribution in [0.15, 0.2) is 0 Å². The Bertz CT molecular complexity index is 436. The second-order valence-corrected chi connectivity index (χ2v) is 8.57. The van der Waals surface area contributed by atoms with Gasteiger partial charge in [0.15, 0.2) is 9.84 Å². The highest BCUT2D eigenvalue weighted by Gasteiger charge is 2.28. The lowest BCUT2D eigenvalue weighted by molar-refractivity contribution is 0.179. The number of amides is 2. The van der Waals surface area contributed by atoms with Crippen molar-refractivity contribution in [1.29, 1.82) is 0 Å². The van der Waals surface area contributed by atoms with Crippen LogP contribution in [0.2, 0.25) is 0 Å². The molecule has 0 radical (unpaired) electrons.